The highest BCUT2D eigenvalue weighted by atomic mass is 16.6. The molecule has 0 radical (unpaired) electrons. The summed E-state index contributed by atoms with van der Waals surface area (Å²) in [5.41, 5.74) is -1.47. The molecule has 1 aromatic heterocycles. The Morgan fingerprint density at radius 1 is 1.14 bits per heavy atom. The molecule has 2 aliphatic carbocycles. The van der Waals surface area contributed by atoms with E-state index in [1.165, 1.54) is 11.0 Å². The van der Waals surface area contributed by atoms with Crippen LogP contribution in [0.2, 0.25) is 0 Å². The summed E-state index contributed by atoms with van der Waals surface area (Å²) in [5.74, 6) is -2.09. The lowest BCUT2D eigenvalue weighted by Crippen LogP contribution is -2.58. The van der Waals surface area contributed by atoms with Crippen molar-refractivity contribution in [2.45, 2.75) is 95.0 Å². The summed E-state index contributed by atoms with van der Waals surface area (Å²) in [6.07, 6.45) is 6.69. The van der Waals surface area contributed by atoms with Crippen molar-refractivity contribution in [3.05, 3.63) is 49.2 Å². The van der Waals surface area contributed by atoms with E-state index in [1.54, 1.807) is 33.0 Å². The number of nitrogens with zero attached hydrogens (tertiary/aromatic N) is 2. The molecule has 1 saturated heterocycles. The number of para-hydroxylation sites is 1. The number of aliphatic carboxylic acids is 1. The number of ether oxygens (including phenoxy) is 2. The van der Waals surface area contributed by atoms with Crippen LogP contribution in [0.15, 0.2) is 49.2 Å². The van der Waals surface area contributed by atoms with Crippen molar-refractivity contribution in [1.29, 1.82) is 0 Å². The molecule has 2 saturated carbocycles. The third-order valence-electron chi connectivity index (χ3n) is 8.84. The quantitative estimate of drug-likeness (QED) is 0.360. The van der Waals surface area contributed by atoms with Gasteiger partial charge in [-0.25, -0.2) is 9.59 Å². The van der Waals surface area contributed by atoms with Gasteiger partial charge in [-0.3, -0.25) is 14.6 Å². The molecule has 0 bridgehead atoms. The third-order valence-corrected chi connectivity index (χ3v) is 8.84. The van der Waals surface area contributed by atoms with E-state index in [4.69, 9.17) is 9.47 Å². The lowest BCUT2D eigenvalue weighted by Gasteiger charge is -2.35. The highest BCUT2D eigenvalue weighted by molar-refractivity contribution is 5.96. The Hall–Kier alpha value is -4.15. The fourth-order valence-corrected chi connectivity index (χ4v) is 6.51. The lowest BCUT2D eigenvalue weighted by atomic mass is 9.83. The molecule has 3 amide bonds. The van der Waals surface area contributed by atoms with Crippen LogP contribution in [0.25, 0.3) is 10.9 Å². The first-order valence-electron chi connectivity index (χ1n) is 15.4. The summed E-state index contributed by atoms with van der Waals surface area (Å²) in [6, 6.07) is 7.36. The predicted octanol–water partition coefficient (Wildman–Crippen LogP) is 4.20. The predicted molar refractivity (Wildman–Crippen MR) is 163 cm³/mol. The Morgan fingerprint density at radius 2 is 1.86 bits per heavy atom. The van der Waals surface area contributed by atoms with Gasteiger partial charge in [0.25, 0.3) is 0 Å². The van der Waals surface area contributed by atoms with Crippen LogP contribution in [0.5, 0.6) is 5.75 Å². The van der Waals surface area contributed by atoms with Gasteiger partial charge in [0.1, 0.15) is 35.1 Å². The maximum Gasteiger partial charge on any atom is 0.408 e. The summed E-state index contributed by atoms with van der Waals surface area (Å²) in [5, 5.41) is 16.3. The molecule has 5 atom stereocenters. The van der Waals surface area contributed by atoms with Crippen molar-refractivity contribution >= 4 is 34.8 Å². The summed E-state index contributed by atoms with van der Waals surface area (Å²) in [4.78, 5) is 59.1. The molecule has 11 nitrogen and oxygen atoms in total. The molecule has 3 N–H and O–H groups in total. The number of hydrogen-bond donors (Lipinski definition) is 3. The number of carboxylic acid groups (broad SMARTS) is 1. The number of hydrogen-bond acceptors (Lipinski definition) is 7. The van der Waals surface area contributed by atoms with Crippen molar-refractivity contribution in [3.8, 4) is 5.75 Å². The molecular formula is C33H42N4O7. The number of benzene rings is 1. The molecule has 1 aliphatic heterocycles. The number of carboxylic acids is 1. The van der Waals surface area contributed by atoms with E-state index in [1.807, 2.05) is 24.3 Å². The van der Waals surface area contributed by atoms with E-state index in [2.05, 4.69) is 22.2 Å². The SMILES string of the molecule is C=C[C@H]1CC1(NC(=O)[C@@H]1C[C@@H](Oc2ccnc3ccccc23)CN1C(=O)[C@@H](NC(=O)OC(C)(C)C)C1CCCCC1)C(=O)O. The highest BCUT2D eigenvalue weighted by Gasteiger charge is 2.61. The molecule has 1 aromatic carbocycles. The van der Waals surface area contributed by atoms with Crippen LogP contribution in [-0.2, 0) is 19.1 Å². The van der Waals surface area contributed by atoms with Crippen LogP contribution < -0.4 is 15.4 Å². The molecule has 5 rings (SSSR count). The molecule has 2 aromatic rings. The zero-order chi connectivity index (χ0) is 31.6. The van der Waals surface area contributed by atoms with Crippen LogP contribution in [-0.4, -0.2) is 74.7 Å². The number of pyridine rings is 1. The Morgan fingerprint density at radius 3 is 2.52 bits per heavy atom. The van der Waals surface area contributed by atoms with Gasteiger partial charge in [0.2, 0.25) is 11.8 Å². The maximum absolute atomic E-state index is 14.4. The van der Waals surface area contributed by atoms with Gasteiger partial charge in [-0.05, 0) is 64.2 Å². The van der Waals surface area contributed by atoms with Crippen LogP contribution in [0.4, 0.5) is 4.79 Å². The standard InChI is InChI=1S/C33H42N4O7/c1-5-21-18-33(21,30(40)41)36-28(38)25-17-22(43-26-15-16-34-24-14-10-9-13-23(24)26)19-37(25)29(39)27(20-11-7-6-8-12-20)35-31(42)44-32(2,3)4/h5,9-10,13-16,20-22,25,27H,1,6-8,11-12,17-19H2,2-4H3,(H,35,42)(H,36,38)(H,40,41)/t21-,22+,25-,27-,33?/m0/s1. The number of aromatic nitrogens is 1. The summed E-state index contributed by atoms with van der Waals surface area (Å²) in [6.45, 7) is 9.04. The second-order valence-corrected chi connectivity index (χ2v) is 13.1. The van der Waals surface area contributed by atoms with Crippen molar-refractivity contribution in [2.24, 2.45) is 11.8 Å². The lowest BCUT2D eigenvalue weighted by molar-refractivity contribution is -0.146. The monoisotopic (exact) mass is 606 g/mol. The van der Waals surface area contributed by atoms with Gasteiger partial charge in [-0.2, -0.15) is 0 Å². The minimum atomic E-state index is -1.45. The van der Waals surface area contributed by atoms with Crippen LogP contribution >= 0.6 is 0 Å². The zero-order valence-corrected chi connectivity index (χ0v) is 25.6. The van der Waals surface area contributed by atoms with Crippen LogP contribution in [0.3, 0.4) is 0 Å². The summed E-state index contributed by atoms with van der Waals surface area (Å²) < 4.78 is 11.9. The largest absolute Gasteiger partial charge is 0.488 e. The molecule has 1 unspecified atom stereocenters. The molecule has 0 spiro atoms. The summed E-state index contributed by atoms with van der Waals surface area (Å²) in [7, 11) is 0. The topological polar surface area (TPSA) is 147 Å². The number of carbonyl (C=O) groups excluding carboxylic acids is 3. The minimum absolute atomic E-state index is 0.0811. The van der Waals surface area contributed by atoms with Gasteiger partial charge in [-0.1, -0.05) is 37.5 Å². The fraction of sp³-hybridized carbons (Fsp3) is 0.545. The van der Waals surface area contributed by atoms with E-state index in [0.29, 0.717) is 5.75 Å². The second kappa shape index (κ2) is 12.5. The van der Waals surface area contributed by atoms with Gasteiger partial charge in [0, 0.05) is 23.9 Å². The van der Waals surface area contributed by atoms with E-state index in [0.717, 1.165) is 43.0 Å². The maximum atomic E-state index is 14.4. The molecule has 236 valence electrons. The first kappa shape index (κ1) is 31.3. The summed E-state index contributed by atoms with van der Waals surface area (Å²) >= 11 is 0. The van der Waals surface area contributed by atoms with Gasteiger partial charge >= 0.3 is 12.1 Å². The number of likely N-dealkylation sites (tertiary alicyclic amines) is 1. The minimum Gasteiger partial charge on any atom is -0.488 e. The molecule has 2 heterocycles. The first-order chi connectivity index (χ1) is 20.9. The molecule has 44 heavy (non-hydrogen) atoms. The first-order valence-corrected chi connectivity index (χ1v) is 15.4. The molecular weight excluding hydrogens is 564 g/mol. The highest BCUT2D eigenvalue weighted by Crippen LogP contribution is 2.45. The van der Waals surface area contributed by atoms with Crippen LogP contribution in [0.1, 0.15) is 65.7 Å². The average molecular weight is 607 g/mol. The van der Waals surface area contributed by atoms with Crippen molar-refractivity contribution in [2.75, 3.05) is 6.54 Å². The normalized spacial score (nSPS) is 26.0. The number of carbonyl (C=O) groups is 4. The van der Waals surface area contributed by atoms with Gasteiger partial charge in [0.05, 0.1) is 12.1 Å². The van der Waals surface area contributed by atoms with Gasteiger partial charge in [0.15, 0.2) is 0 Å². The molecule has 11 heteroatoms. The smallest absolute Gasteiger partial charge is 0.408 e. The van der Waals surface area contributed by atoms with Crippen molar-refractivity contribution < 1.29 is 33.8 Å². The van der Waals surface area contributed by atoms with Crippen molar-refractivity contribution in [3.63, 3.8) is 0 Å². The Labute approximate surface area is 257 Å². The van der Waals surface area contributed by atoms with E-state index >= 15 is 0 Å². The van der Waals surface area contributed by atoms with Crippen molar-refractivity contribution in [1.82, 2.24) is 20.5 Å². The number of nitrogens with one attached hydrogen (secondary N) is 2. The van der Waals surface area contributed by atoms with Crippen LogP contribution in [0, 0.1) is 11.8 Å². The van der Waals surface area contributed by atoms with Gasteiger partial charge in [-0.15, -0.1) is 6.58 Å². The van der Waals surface area contributed by atoms with E-state index in [-0.39, 0.29) is 25.3 Å². The fourth-order valence-electron chi connectivity index (χ4n) is 6.51. The Bertz CT molecular complexity index is 1430. The third kappa shape index (κ3) is 6.66. The Kier molecular flexibility index (Phi) is 8.85. The van der Waals surface area contributed by atoms with E-state index in [9.17, 15) is 24.3 Å². The number of rotatable bonds is 9. The van der Waals surface area contributed by atoms with Gasteiger partial charge < -0.3 is 30.1 Å². The number of alkyl carbamates (subject to hydrolysis) is 1. The molecule has 3 aliphatic rings. The second-order valence-electron chi connectivity index (χ2n) is 13.1. The molecule has 3 fully saturated rings. The number of fused-ring (bicyclic) bond motifs is 1. The Balaban J connectivity index is 1.43. The van der Waals surface area contributed by atoms with E-state index < -0.39 is 59.1 Å². The zero-order valence-electron chi connectivity index (χ0n) is 25.6. The average Bonchev–Trinajstić information content (AvgIpc) is 3.55. The number of amides is 3.